The molecule has 116 valence electrons. The van der Waals surface area contributed by atoms with E-state index in [4.69, 9.17) is 5.11 Å². The molecule has 0 saturated carbocycles. The Morgan fingerprint density at radius 2 is 1.86 bits per heavy atom. The number of carbonyl (C=O) groups excluding carboxylic acids is 2. The lowest BCUT2D eigenvalue weighted by atomic mass is 10.1. The molecule has 0 fully saturated rings. The number of ketones is 1. The summed E-state index contributed by atoms with van der Waals surface area (Å²) in [6.45, 7) is 0. The highest BCUT2D eigenvalue weighted by atomic mass is 32.2. The Kier molecular flexibility index (Phi) is 3.71. The van der Waals surface area contributed by atoms with Crippen LogP contribution in [0.5, 0.6) is 0 Å². The molecule has 0 saturated heterocycles. The molecule has 2 aromatic rings. The van der Waals surface area contributed by atoms with Crippen molar-refractivity contribution in [3.8, 4) is 0 Å². The molecule has 0 aliphatic heterocycles. The number of H-pyrrole nitrogens is 1. The first-order valence-electron chi connectivity index (χ1n) is 5.71. The number of aromatic nitrogens is 1. The molecule has 22 heavy (non-hydrogen) atoms. The molecule has 0 aliphatic rings. The van der Waals surface area contributed by atoms with Gasteiger partial charge in [-0.2, -0.15) is 0 Å². The second-order valence-electron chi connectivity index (χ2n) is 4.38. The fourth-order valence-electron chi connectivity index (χ4n) is 1.91. The van der Waals surface area contributed by atoms with Crippen molar-refractivity contribution in [3.63, 3.8) is 0 Å². The van der Waals surface area contributed by atoms with Gasteiger partial charge in [0.15, 0.2) is 0 Å². The van der Waals surface area contributed by atoms with Crippen LogP contribution in [0.2, 0.25) is 0 Å². The van der Waals surface area contributed by atoms with E-state index in [1.807, 2.05) is 0 Å². The summed E-state index contributed by atoms with van der Waals surface area (Å²) < 4.78 is 37.7. The van der Waals surface area contributed by atoms with E-state index in [1.54, 1.807) is 4.72 Å². The SMILES string of the molecule is CS(=O)(=O)NC(=O)c1ccc(F)c2c(C(=O)C(=O)O)c[nH]c12. The van der Waals surface area contributed by atoms with Gasteiger partial charge in [-0.25, -0.2) is 22.3 Å². The second kappa shape index (κ2) is 5.22. The summed E-state index contributed by atoms with van der Waals surface area (Å²) in [4.78, 5) is 36.5. The summed E-state index contributed by atoms with van der Waals surface area (Å²) in [6, 6.07) is 1.86. The van der Waals surface area contributed by atoms with Crippen molar-refractivity contribution >= 4 is 38.6 Å². The fourth-order valence-corrected chi connectivity index (χ4v) is 2.36. The van der Waals surface area contributed by atoms with Crippen molar-refractivity contribution in [3.05, 3.63) is 35.3 Å². The van der Waals surface area contributed by atoms with Crippen LogP contribution in [0.25, 0.3) is 10.9 Å². The Hall–Kier alpha value is -2.75. The molecule has 0 atom stereocenters. The number of nitrogens with one attached hydrogen (secondary N) is 2. The highest BCUT2D eigenvalue weighted by molar-refractivity contribution is 7.89. The molecule has 0 spiro atoms. The number of carboxylic acids is 1. The maximum absolute atomic E-state index is 13.9. The van der Waals surface area contributed by atoms with Crippen LogP contribution >= 0.6 is 0 Å². The van der Waals surface area contributed by atoms with Gasteiger partial charge in [0.05, 0.1) is 22.9 Å². The van der Waals surface area contributed by atoms with E-state index in [0.29, 0.717) is 0 Å². The second-order valence-corrected chi connectivity index (χ2v) is 6.13. The zero-order chi connectivity index (χ0) is 16.7. The number of carboxylic acid groups (broad SMARTS) is 1. The van der Waals surface area contributed by atoms with Gasteiger partial charge in [0.25, 0.3) is 11.7 Å². The van der Waals surface area contributed by atoms with Crippen LogP contribution in [0.4, 0.5) is 4.39 Å². The van der Waals surface area contributed by atoms with Crippen LogP contribution in [-0.2, 0) is 14.8 Å². The van der Waals surface area contributed by atoms with Crippen LogP contribution in [0, 0.1) is 5.82 Å². The molecule has 1 aromatic heterocycles. The highest BCUT2D eigenvalue weighted by Crippen LogP contribution is 2.25. The van der Waals surface area contributed by atoms with Gasteiger partial charge < -0.3 is 10.1 Å². The molecule has 1 aromatic carbocycles. The fraction of sp³-hybridized carbons (Fsp3) is 0.0833. The smallest absolute Gasteiger partial charge is 0.377 e. The van der Waals surface area contributed by atoms with Crippen molar-refractivity contribution in [2.24, 2.45) is 0 Å². The van der Waals surface area contributed by atoms with E-state index in [1.165, 1.54) is 0 Å². The van der Waals surface area contributed by atoms with Gasteiger partial charge in [-0.1, -0.05) is 0 Å². The largest absolute Gasteiger partial charge is 0.475 e. The Morgan fingerprint density at radius 1 is 1.23 bits per heavy atom. The number of halogens is 1. The molecule has 10 heteroatoms. The molecule has 1 heterocycles. The maximum atomic E-state index is 13.9. The first kappa shape index (κ1) is 15.6. The summed E-state index contributed by atoms with van der Waals surface area (Å²) in [5.41, 5.74) is -0.883. The number of hydrogen-bond donors (Lipinski definition) is 3. The van der Waals surface area contributed by atoms with Gasteiger partial charge >= 0.3 is 5.97 Å². The third-order valence-electron chi connectivity index (χ3n) is 2.75. The number of Topliss-reactive ketones (excluding diaryl/α,β-unsaturated/α-hetero) is 1. The highest BCUT2D eigenvalue weighted by Gasteiger charge is 2.24. The molecule has 0 bridgehead atoms. The van der Waals surface area contributed by atoms with Crippen LogP contribution < -0.4 is 4.72 Å². The predicted octanol–water partition coefficient (Wildman–Crippen LogP) is 0.264. The standard InChI is InChI=1S/C12H9FN2O6S/c1-22(20,21)15-11(17)5-2-3-7(13)8-6(4-14-9(5)8)10(16)12(18)19/h2-4,14H,1H3,(H,15,17)(H,18,19). The average molecular weight is 328 g/mol. The van der Waals surface area contributed by atoms with E-state index < -0.39 is 44.4 Å². The van der Waals surface area contributed by atoms with E-state index in [0.717, 1.165) is 24.6 Å². The topological polar surface area (TPSA) is 133 Å². The number of aliphatic carboxylic acids is 1. The molecular weight excluding hydrogens is 319 g/mol. The van der Waals surface area contributed by atoms with Gasteiger partial charge in [0, 0.05) is 11.6 Å². The van der Waals surface area contributed by atoms with Crippen LogP contribution in [0.15, 0.2) is 18.3 Å². The van der Waals surface area contributed by atoms with E-state index >= 15 is 0 Å². The summed E-state index contributed by atoms with van der Waals surface area (Å²) >= 11 is 0. The molecule has 0 unspecified atom stereocenters. The number of benzene rings is 1. The van der Waals surface area contributed by atoms with Crippen molar-refractivity contribution in [2.45, 2.75) is 0 Å². The number of fused-ring (bicyclic) bond motifs is 1. The number of carbonyl (C=O) groups is 3. The quantitative estimate of drug-likeness (QED) is 0.545. The molecule has 3 N–H and O–H groups in total. The lowest BCUT2D eigenvalue weighted by Crippen LogP contribution is -2.29. The van der Waals surface area contributed by atoms with Crippen molar-refractivity contribution in [1.82, 2.24) is 9.71 Å². The van der Waals surface area contributed by atoms with E-state index in [2.05, 4.69) is 4.98 Å². The maximum Gasteiger partial charge on any atom is 0.377 e. The average Bonchev–Trinajstić information content (AvgIpc) is 2.81. The lowest BCUT2D eigenvalue weighted by Gasteiger charge is -2.05. The van der Waals surface area contributed by atoms with Crippen LogP contribution in [0.1, 0.15) is 20.7 Å². The molecule has 0 aliphatic carbocycles. The first-order chi connectivity index (χ1) is 10.1. The number of aromatic amines is 1. The van der Waals surface area contributed by atoms with Crippen LogP contribution in [0.3, 0.4) is 0 Å². The normalized spacial score (nSPS) is 11.4. The zero-order valence-corrected chi connectivity index (χ0v) is 11.8. The van der Waals surface area contributed by atoms with Crippen molar-refractivity contribution in [1.29, 1.82) is 0 Å². The Bertz CT molecular complexity index is 915. The predicted molar refractivity (Wildman–Crippen MR) is 72.5 cm³/mol. The minimum absolute atomic E-state index is 0.175. The summed E-state index contributed by atoms with van der Waals surface area (Å²) in [5.74, 6) is -5.10. The van der Waals surface area contributed by atoms with E-state index in [-0.39, 0.29) is 11.1 Å². The molecule has 1 amide bonds. The van der Waals surface area contributed by atoms with Gasteiger partial charge in [-0.05, 0) is 12.1 Å². The van der Waals surface area contributed by atoms with Gasteiger partial charge in [-0.3, -0.25) is 9.59 Å². The summed E-state index contributed by atoms with van der Waals surface area (Å²) in [7, 11) is -3.84. The van der Waals surface area contributed by atoms with Crippen LogP contribution in [-0.4, -0.2) is 42.4 Å². The van der Waals surface area contributed by atoms with Gasteiger partial charge in [0.1, 0.15) is 5.82 Å². The Labute approximate surface area is 123 Å². The Morgan fingerprint density at radius 3 is 2.41 bits per heavy atom. The van der Waals surface area contributed by atoms with Gasteiger partial charge in [0.2, 0.25) is 10.0 Å². The third-order valence-corrected chi connectivity index (χ3v) is 3.30. The van der Waals surface area contributed by atoms with Crippen molar-refractivity contribution in [2.75, 3.05) is 6.26 Å². The molecular formula is C12H9FN2O6S. The minimum Gasteiger partial charge on any atom is -0.475 e. The van der Waals surface area contributed by atoms with E-state index in [9.17, 15) is 27.2 Å². The third kappa shape index (κ3) is 2.81. The summed E-state index contributed by atoms with van der Waals surface area (Å²) in [5, 5.41) is 8.30. The van der Waals surface area contributed by atoms with Gasteiger partial charge in [-0.15, -0.1) is 0 Å². The molecule has 0 radical (unpaired) electrons. The number of hydrogen-bond acceptors (Lipinski definition) is 5. The first-order valence-corrected chi connectivity index (χ1v) is 7.60. The molecule has 2 rings (SSSR count). The Balaban J connectivity index is 2.66. The summed E-state index contributed by atoms with van der Waals surface area (Å²) in [6.07, 6.45) is 1.71. The number of amides is 1. The lowest BCUT2D eigenvalue weighted by molar-refractivity contribution is -0.131. The number of sulfonamides is 1. The minimum atomic E-state index is -3.84. The molecule has 8 nitrogen and oxygen atoms in total. The number of rotatable bonds is 4. The monoisotopic (exact) mass is 328 g/mol. The van der Waals surface area contributed by atoms with Crippen molar-refractivity contribution < 1.29 is 32.3 Å². The zero-order valence-electron chi connectivity index (χ0n) is 11.0.